The van der Waals surface area contributed by atoms with Crippen molar-refractivity contribution >= 4 is 45.6 Å². The van der Waals surface area contributed by atoms with E-state index in [0.717, 1.165) is 5.56 Å². The summed E-state index contributed by atoms with van der Waals surface area (Å²) in [7, 11) is 0. The molecule has 0 radical (unpaired) electrons. The Hall–Kier alpha value is -3.30. The van der Waals surface area contributed by atoms with Crippen LogP contribution in [-0.4, -0.2) is 21.8 Å². The first-order valence-corrected chi connectivity index (χ1v) is 11.3. The van der Waals surface area contributed by atoms with Crippen molar-refractivity contribution in [2.45, 2.75) is 26.2 Å². The minimum atomic E-state index is -0.229. The molecule has 31 heavy (non-hydrogen) atoms. The van der Waals surface area contributed by atoms with Gasteiger partial charge < -0.3 is 9.73 Å². The van der Waals surface area contributed by atoms with E-state index in [9.17, 15) is 9.59 Å². The van der Waals surface area contributed by atoms with Gasteiger partial charge in [-0.25, -0.2) is 9.97 Å². The van der Waals surface area contributed by atoms with E-state index in [1.807, 2.05) is 29.1 Å². The van der Waals surface area contributed by atoms with Gasteiger partial charge >= 0.3 is 6.01 Å². The number of nitrogens with one attached hydrogen (secondary N) is 2. The van der Waals surface area contributed by atoms with Crippen molar-refractivity contribution in [3.63, 3.8) is 0 Å². The molecule has 0 aliphatic heterocycles. The minimum Gasteiger partial charge on any atom is -0.432 e. The number of anilines is 2. The summed E-state index contributed by atoms with van der Waals surface area (Å²) < 4.78 is 4.88. The van der Waals surface area contributed by atoms with Gasteiger partial charge in [0.1, 0.15) is 6.26 Å². The minimum absolute atomic E-state index is 0.00643. The first-order chi connectivity index (χ1) is 15.0. The summed E-state index contributed by atoms with van der Waals surface area (Å²) in [6, 6.07) is 11.1. The Kier molecular flexibility index (Phi) is 8.08. The smallest absolute Gasteiger partial charge is 0.301 e. The Balaban J connectivity index is 0.000000179. The molecule has 3 heterocycles. The third-order valence-electron chi connectivity index (χ3n) is 3.97. The lowest BCUT2D eigenvalue weighted by atomic mass is 10.2. The van der Waals surface area contributed by atoms with E-state index >= 15 is 0 Å². The van der Waals surface area contributed by atoms with E-state index in [2.05, 4.69) is 34.4 Å². The lowest BCUT2D eigenvalue weighted by Crippen LogP contribution is -2.13. The van der Waals surface area contributed by atoms with E-state index < -0.39 is 0 Å². The Morgan fingerprint density at radius 3 is 2.52 bits per heavy atom. The molecule has 160 valence electrons. The number of hydrogen-bond donors (Lipinski definition) is 2. The van der Waals surface area contributed by atoms with Gasteiger partial charge in [-0.1, -0.05) is 32.0 Å². The maximum absolute atomic E-state index is 11.7. The van der Waals surface area contributed by atoms with Crippen LogP contribution < -0.4 is 10.6 Å². The van der Waals surface area contributed by atoms with Gasteiger partial charge in [0, 0.05) is 16.6 Å². The predicted octanol–water partition coefficient (Wildman–Crippen LogP) is 5.44. The first kappa shape index (κ1) is 22.4. The molecule has 0 fully saturated rings. The Morgan fingerprint density at radius 2 is 1.90 bits per heavy atom. The molecular weight excluding hydrogens is 432 g/mol. The number of carbonyl (C=O) groups excluding carboxylic acids is 2. The van der Waals surface area contributed by atoms with E-state index in [4.69, 9.17) is 4.42 Å². The second-order valence-electron chi connectivity index (χ2n) is 6.74. The van der Waals surface area contributed by atoms with Crippen LogP contribution in [-0.2, 0) is 11.2 Å². The van der Waals surface area contributed by atoms with Crippen LogP contribution in [0.1, 0.15) is 40.6 Å². The van der Waals surface area contributed by atoms with Crippen molar-refractivity contribution in [2.75, 3.05) is 10.6 Å². The SMILES string of the molecule is CC(C)c1cnc(NC(=O)Cc2ccsc2)s1.O=C(Nc1ncco1)c1ccccc1. The number of thiophene rings is 1. The molecule has 9 heteroatoms. The number of benzene rings is 1. The van der Waals surface area contributed by atoms with Crippen molar-refractivity contribution < 1.29 is 14.0 Å². The maximum atomic E-state index is 11.7. The Bertz CT molecular complexity index is 1080. The number of aromatic nitrogens is 2. The fraction of sp³-hybridized carbons (Fsp3) is 0.182. The largest absolute Gasteiger partial charge is 0.432 e. The normalized spacial score (nSPS) is 10.3. The maximum Gasteiger partial charge on any atom is 0.301 e. The number of hydrogen-bond acceptors (Lipinski definition) is 7. The average Bonchev–Trinajstić information content (AvgIpc) is 3.52. The summed E-state index contributed by atoms with van der Waals surface area (Å²) in [5.41, 5.74) is 1.62. The van der Waals surface area contributed by atoms with Gasteiger partial charge in [0.05, 0.1) is 12.6 Å². The van der Waals surface area contributed by atoms with Gasteiger partial charge in [-0.3, -0.25) is 14.9 Å². The van der Waals surface area contributed by atoms with Crippen molar-refractivity contribution in [3.8, 4) is 0 Å². The average molecular weight is 455 g/mol. The highest BCUT2D eigenvalue weighted by molar-refractivity contribution is 7.15. The van der Waals surface area contributed by atoms with Gasteiger partial charge in [0.15, 0.2) is 5.13 Å². The molecule has 0 spiro atoms. The number of amides is 2. The van der Waals surface area contributed by atoms with Crippen LogP contribution in [0.2, 0.25) is 0 Å². The molecule has 7 nitrogen and oxygen atoms in total. The van der Waals surface area contributed by atoms with Crippen molar-refractivity contribution in [2.24, 2.45) is 0 Å². The van der Waals surface area contributed by atoms with Crippen molar-refractivity contribution in [1.82, 2.24) is 9.97 Å². The van der Waals surface area contributed by atoms with Gasteiger partial charge in [0.25, 0.3) is 5.91 Å². The van der Waals surface area contributed by atoms with Gasteiger partial charge in [-0.15, -0.1) is 11.3 Å². The van der Waals surface area contributed by atoms with Crippen LogP contribution in [0, 0.1) is 0 Å². The lowest BCUT2D eigenvalue weighted by molar-refractivity contribution is -0.115. The summed E-state index contributed by atoms with van der Waals surface area (Å²) in [5, 5.41) is 10.0. The molecular formula is C22H22N4O3S2. The number of nitrogens with zero attached hydrogens (tertiary/aromatic N) is 2. The highest BCUT2D eigenvalue weighted by Crippen LogP contribution is 2.25. The van der Waals surface area contributed by atoms with E-state index in [1.54, 1.807) is 46.9 Å². The first-order valence-electron chi connectivity index (χ1n) is 9.54. The highest BCUT2D eigenvalue weighted by atomic mass is 32.1. The summed E-state index contributed by atoms with van der Waals surface area (Å²) in [6.45, 7) is 4.23. The predicted molar refractivity (Wildman–Crippen MR) is 124 cm³/mol. The van der Waals surface area contributed by atoms with Crippen LogP contribution in [0.3, 0.4) is 0 Å². The molecule has 0 saturated heterocycles. The van der Waals surface area contributed by atoms with Gasteiger partial charge in [-0.2, -0.15) is 11.3 Å². The van der Waals surface area contributed by atoms with Crippen LogP contribution in [0.15, 0.2) is 70.2 Å². The van der Waals surface area contributed by atoms with E-state index in [1.165, 1.54) is 17.3 Å². The molecule has 0 unspecified atom stereocenters. The van der Waals surface area contributed by atoms with Crippen molar-refractivity contribution in [3.05, 3.63) is 81.8 Å². The molecule has 0 atom stereocenters. The molecule has 3 aromatic heterocycles. The molecule has 0 aliphatic rings. The summed E-state index contributed by atoms with van der Waals surface area (Å²) >= 11 is 3.14. The molecule has 4 rings (SSSR count). The fourth-order valence-electron chi connectivity index (χ4n) is 2.40. The van der Waals surface area contributed by atoms with Crippen LogP contribution in [0.4, 0.5) is 11.1 Å². The topological polar surface area (TPSA) is 97.1 Å². The Morgan fingerprint density at radius 1 is 1.10 bits per heavy atom. The third kappa shape index (κ3) is 7.16. The number of rotatable bonds is 6. The monoisotopic (exact) mass is 454 g/mol. The molecule has 0 bridgehead atoms. The van der Waals surface area contributed by atoms with E-state index in [-0.39, 0.29) is 17.8 Å². The molecule has 1 aromatic carbocycles. The summed E-state index contributed by atoms with van der Waals surface area (Å²) in [4.78, 5) is 32.4. The summed E-state index contributed by atoms with van der Waals surface area (Å²) in [6.07, 6.45) is 5.12. The van der Waals surface area contributed by atoms with Crippen LogP contribution in [0.5, 0.6) is 0 Å². The molecule has 2 N–H and O–H groups in total. The summed E-state index contributed by atoms with van der Waals surface area (Å²) in [5.74, 6) is 0.219. The third-order valence-corrected chi connectivity index (χ3v) is 5.92. The van der Waals surface area contributed by atoms with Crippen LogP contribution >= 0.6 is 22.7 Å². The van der Waals surface area contributed by atoms with Crippen molar-refractivity contribution in [1.29, 1.82) is 0 Å². The standard InChI is InChI=1S/C12H14N2OS2.C10H8N2O2/c1-8(2)10-6-13-12(17-10)14-11(15)5-9-3-4-16-7-9;13-9(8-4-2-1-3-5-8)12-10-11-6-7-14-10/h3-4,6-8H,5H2,1-2H3,(H,13,14,15);1-7H,(H,11,12,13). The number of carbonyl (C=O) groups is 2. The molecule has 0 aliphatic carbocycles. The molecule has 0 saturated carbocycles. The Labute approximate surface area is 188 Å². The lowest BCUT2D eigenvalue weighted by Gasteiger charge is -2.00. The fourth-order valence-corrected chi connectivity index (χ4v) is 3.90. The zero-order chi connectivity index (χ0) is 22.1. The number of oxazole rings is 1. The second kappa shape index (κ2) is 11.2. The number of thiazole rings is 1. The van der Waals surface area contributed by atoms with E-state index in [0.29, 0.717) is 23.0 Å². The molecule has 4 aromatic rings. The zero-order valence-corrected chi connectivity index (χ0v) is 18.7. The highest BCUT2D eigenvalue weighted by Gasteiger charge is 2.09. The second-order valence-corrected chi connectivity index (χ2v) is 8.58. The van der Waals surface area contributed by atoms with Gasteiger partial charge in [0.2, 0.25) is 5.91 Å². The molecule has 2 amide bonds. The quantitative estimate of drug-likeness (QED) is 0.404. The van der Waals surface area contributed by atoms with Gasteiger partial charge in [-0.05, 0) is 40.4 Å². The van der Waals surface area contributed by atoms with Crippen LogP contribution in [0.25, 0.3) is 0 Å². The zero-order valence-electron chi connectivity index (χ0n) is 17.1.